The SMILES string of the molecule is COc1ccc(F)cc1-c1ccc(O)c(/C=C2/SC(=Nc3ccc(C(CCCCCC(=O)O)C(=O)O)cc3)NC2=O)c1. The molecule has 1 aliphatic rings. The third kappa shape index (κ3) is 7.76. The van der Waals surface area contributed by atoms with Crippen molar-refractivity contribution >= 4 is 46.5 Å². The number of aliphatic carboxylic acids is 2. The van der Waals surface area contributed by atoms with Crippen molar-refractivity contribution < 1.29 is 38.8 Å². The van der Waals surface area contributed by atoms with Gasteiger partial charge in [-0.15, -0.1) is 0 Å². The number of carbonyl (C=O) groups excluding carboxylic acids is 1. The van der Waals surface area contributed by atoms with Crippen LogP contribution in [0.4, 0.5) is 10.1 Å². The molecule has 0 aliphatic carbocycles. The molecule has 1 unspecified atom stereocenters. The van der Waals surface area contributed by atoms with Crippen LogP contribution in [-0.4, -0.2) is 45.4 Å². The van der Waals surface area contributed by atoms with Gasteiger partial charge in [-0.3, -0.25) is 14.4 Å². The highest BCUT2D eigenvalue weighted by Crippen LogP contribution is 2.36. The van der Waals surface area contributed by atoms with Crippen LogP contribution < -0.4 is 10.1 Å². The van der Waals surface area contributed by atoms with Crippen LogP contribution in [0.25, 0.3) is 17.2 Å². The van der Waals surface area contributed by atoms with Gasteiger partial charge in [0.2, 0.25) is 0 Å². The van der Waals surface area contributed by atoms with Crippen LogP contribution in [0.2, 0.25) is 0 Å². The average molecular weight is 593 g/mol. The molecule has 0 radical (unpaired) electrons. The van der Waals surface area contributed by atoms with Crippen LogP contribution >= 0.6 is 11.8 Å². The van der Waals surface area contributed by atoms with E-state index in [1.807, 2.05) is 0 Å². The van der Waals surface area contributed by atoms with E-state index in [9.17, 15) is 29.0 Å². The fourth-order valence-corrected chi connectivity index (χ4v) is 5.33. The Labute approximate surface area is 245 Å². The molecule has 11 heteroatoms. The first-order valence-corrected chi connectivity index (χ1v) is 14.0. The van der Waals surface area contributed by atoms with Crippen molar-refractivity contribution in [2.75, 3.05) is 7.11 Å². The Morgan fingerprint density at radius 2 is 1.81 bits per heavy atom. The standard InChI is InChI=1S/C31H29FN2O7S/c1-41-26-14-10-21(32)17-24(26)19-9-13-25(35)20(15-19)16-27-29(38)34-31(42-27)33-22-11-7-18(8-12-22)23(30(39)40)5-3-2-4-6-28(36)37/h7-17,23,35H,2-6H2,1H3,(H,36,37)(H,39,40)(H,33,34,38)/b27-16+. The molecule has 0 spiro atoms. The van der Waals surface area contributed by atoms with Gasteiger partial charge >= 0.3 is 11.9 Å². The van der Waals surface area contributed by atoms with Crippen molar-refractivity contribution in [2.45, 2.75) is 38.0 Å². The maximum Gasteiger partial charge on any atom is 0.310 e. The lowest BCUT2D eigenvalue weighted by molar-refractivity contribution is -0.139. The highest BCUT2D eigenvalue weighted by atomic mass is 32.2. The van der Waals surface area contributed by atoms with Gasteiger partial charge in [0.1, 0.15) is 17.3 Å². The molecule has 218 valence electrons. The van der Waals surface area contributed by atoms with E-state index >= 15 is 0 Å². The summed E-state index contributed by atoms with van der Waals surface area (Å²) in [4.78, 5) is 39.9. The molecule has 1 atom stereocenters. The molecule has 0 saturated carbocycles. The second kappa shape index (κ2) is 13.8. The number of carboxylic acid groups (broad SMARTS) is 2. The van der Waals surface area contributed by atoms with Crippen LogP contribution in [-0.2, 0) is 14.4 Å². The van der Waals surface area contributed by atoms with Gasteiger partial charge < -0.3 is 25.4 Å². The molecule has 4 rings (SSSR count). The lowest BCUT2D eigenvalue weighted by atomic mass is 9.93. The number of amidine groups is 1. The third-order valence-corrected chi connectivity index (χ3v) is 7.56. The van der Waals surface area contributed by atoms with E-state index < -0.39 is 29.6 Å². The van der Waals surface area contributed by atoms with E-state index in [1.54, 1.807) is 36.4 Å². The smallest absolute Gasteiger partial charge is 0.310 e. The first-order valence-electron chi connectivity index (χ1n) is 13.2. The molecular formula is C31H29FN2O7S. The number of nitrogens with zero attached hydrogens (tertiary/aromatic N) is 1. The summed E-state index contributed by atoms with van der Waals surface area (Å²) in [5, 5.41) is 31.8. The van der Waals surface area contributed by atoms with Crippen LogP contribution in [0.3, 0.4) is 0 Å². The second-order valence-corrected chi connectivity index (χ2v) is 10.6. The summed E-state index contributed by atoms with van der Waals surface area (Å²) in [6.45, 7) is 0. The van der Waals surface area contributed by atoms with Crippen molar-refractivity contribution in [1.82, 2.24) is 5.32 Å². The second-order valence-electron chi connectivity index (χ2n) is 9.58. The summed E-state index contributed by atoms with van der Waals surface area (Å²) >= 11 is 1.08. The molecule has 1 aliphatic heterocycles. The molecule has 1 fully saturated rings. The van der Waals surface area contributed by atoms with Crippen molar-refractivity contribution in [3.63, 3.8) is 0 Å². The largest absolute Gasteiger partial charge is 0.507 e. The third-order valence-electron chi connectivity index (χ3n) is 6.65. The van der Waals surface area contributed by atoms with Crippen molar-refractivity contribution in [2.24, 2.45) is 4.99 Å². The van der Waals surface area contributed by atoms with Crippen molar-refractivity contribution in [1.29, 1.82) is 0 Å². The Hall–Kier alpha value is -4.64. The number of ether oxygens (including phenoxy) is 1. The number of aromatic hydroxyl groups is 1. The fraction of sp³-hybridized carbons (Fsp3) is 0.226. The van der Waals surface area contributed by atoms with Crippen LogP contribution in [0, 0.1) is 5.82 Å². The number of unbranched alkanes of at least 4 members (excludes halogenated alkanes) is 2. The van der Waals surface area contributed by atoms with E-state index in [-0.39, 0.29) is 17.1 Å². The Morgan fingerprint density at radius 3 is 2.50 bits per heavy atom. The summed E-state index contributed by atoms with van der Waals surface area (Å²) in [7, 11) is 1.48. The predicted octanol–water partition coefficient (Wildman–Crippen LogP) is 6.30. The first-order chi connectivity index (χ1) is 20.1. The van der Waals surface area contributed by atoms with E-state index in [0.29, 0.717) is 64.5 Å². The fourth-order valence-electron chi connectivity index (χ4n) is 4.50. The molecule has 0 aromatic heterocycles. The lowest BCUT2D eigenvalue weighted by Crippen LogP contribution is -2.19. The summed E-state index contributed by atoms with van der Waals surface area (Å²) in [6, 6.07) is 15.5. The minimum atomic E-state index is -0.955. The van der Waals surface area contributed by atoms with Gasteiger partial charge in [0.25, 0.3) is 5.91 Å². The van der Waals surface area contributed by atoms with Crippen molar-refractivity contribution in [3.05, 3.63) is 82.5 Å². The topological polar surface area (TPSA) is 146 Å². The minimum absolute atomic E-state index is 0.0640. The number of carboxylic acids is 2. The number of nitrogens with one attached hydrogen (secondary N) is 1. The number of hydrogen-bond acceptors (Lipinski definition) is 7. The predicted molar refractivity (Wildman–Crippen MR) is 158 cm³/mol. The molecule has 3 aromatic rings. The summed E-state index contributed by atoms with van der Waals surface area (Å²) in [5.41, 5.74) is 2.56. The minimum Gasteiger partial charge on any atom is -0.507 e. The monoisotopic (exact) mass is 592 g/mol. The van der Waals surface area contributed by atoms with E-state index in [1.165, 1.54) is 37.5 Å². The number of methoxy groups -OCH3 is 1. The zero-order chi connectivity index (χ0) is 30.2. The highest BCUT2D eigenvalue weighted by molar-refractivity contribution is 8.18. The van der Waals surface area contributed by atoms with Gasteiger partial charge in [-0.05, 0) is 84.3 Å². The van der Waals surface area contributed by atoms with E-state index in [2.05, 4.69) is 10.3 Å². The molecular weight excluding hydrogens is 563 g/mol. The number of rotatable bonds is 12. The first kappa shape index (κ1) is 30.3. The number of halogens is 1. The average Bonchev–Trinajstić information content (AvgIpc) is 3.30. The van der Waals surface area contributed by atoms with Crippen LogP contribution in [0.15, 0.2) is 70.6 Å². The molecule has 1 heterocycles. The zero-order valence-corrected chi connectivity index (χ0v) is 23.5. The van der Waals surface area contributed by atoms with Crippen LogP contribution in [0.1, 0.15) is 49.1 Å². The highest BCUT2D eigenvalue weighted by Gasteiger charge is 2.25. The Bertz CT molecular complexity index is 1550. The maximum atomic E-state index is 13.9. The molecule has 3 aromatic carbocycles. The summed E-state index contributed by atoms with van der Waals surface area (Å²) < 4.78 is 19.3. The number of carbonyl (C=O) groups is 3. The van der Waals surface area contributed by atoms with Crippen LogP contribution in [0.5, 0.6) is 11.5 Å². The summed E-state index contributed by atoms with van der Waals surface area (Å²) in [5.74, 6) is -2.99. The quantitative estimate of drug-likeness (QED) is 0.142. The van der Waals surface area contributed by atoms with E-state index in [4.69, 9.17) is 9.84 Å². The lowest BCUT2D eigenvalue weighted by Gasteiger charge is -2.12. The number of phenols is 1. The molecule has 1 saturated heterocycles. The Morgan fingerprint density at radius 1 is 1.05 bits per heavy atom. The summed E-state index contributed by atoms with van der Waals surface area (Å²) in [6.07, 6.45) is 3.71. The zero-order valence-electron chi connectivity index (χ0n) is 22.7. The van der Waals surface area contributed by atoms with Gasteiger partial charge in [-0.25, -0.2) is 9.38 Å². The molecule has 0 bridgehead atoms. The Kier molecular flexibility index (Phi) is 9.98. The van der Waals surface area contributed by atoms with Gasteiger partial charge in [0.05, 0.1) is 23.6 Å². The van der Waals surface area contributed by atoms with Gasteiger partial charge in [0.15, 0.2) is 5.17 Å². The maximum absolute atomic E-state index is 13.9. The van der Waals surface area contributed by atoms with Gasteiger partial charge in [-0.2, -0.15) is 0 Å². The molecule has 1 amide bonds. The molecule has 9 nitrogen and oxygen atoms in total. The molecule has 4 N–H and O–H groups in total. The van der Waals surface area contributed by atoms with E-state index in [0.717, 1.165) is 11.8 Å². The number of hydrogen-bond donors (Lipinski definition) is 4. The number of thioether (sulfide) groups is 1. The number of amides is 1. The number of benzene rings is 3. The van der Waals surface area contributed by atoms with Gasteiger partial charge in [0, 0.05) is 17.5 Å². The number of phenolic OH excluding ortho intramolecular Hbond substituents is 1. The number of aliphatic imine (C=N–C) groups is 1. The van der Waals surface area contributed by atoms with Crippen molar-refractivity contribution in [3.8, 4) is 22.6 Å². The normalized spacial score (nSPS) is 15.5. The van der Waals surface area contributed by atoms with Gasteiger partial charge in [-0.1, -0.05) is 31.0 Å². The Balaban J connectivity index is 1.47. The molecule has 42 heavy (non-hydrogen) atoms.